The Hall–Kier alpha value is -0.0800. The van der Waals surface area contributed by atoms with E-state index >= 15 is 0 Å². The van der Waals surface area contributed by atoms with Crippen molar-refractivity contribution in [3.05, 3.63) is 0 Å². The van der Waals surface area contributed by atoms with Gasteiger partial charge >= 0.3 is 0 Å². The Balaban J connectivity index is 2.66. The van der Waals surface area contributed by atoms with Crippen LogP contribution in [0.4, 0.5) is 0 Å². The van der Waals surface area contributed by atoms with Gasteiger partial charge in [-0.15, -0.1) is 0 Å². The van der Waals surface area contributed by atoms with Crippen LogP contribution in [0.15, 0.2) is 0 Å². The van der Waals surface area contributed by atoms with E-state index in [-0.39, 0.29) is 5.60 Å². The van der Waals surface area contributed by atoms with Crippen molar-refractivity contribution in [1.29, 1.82) is 0 Å². The van der Waals surface area contributed by atoms with Crippen molar-refractivity contribution in [2.45, 2.75) is 96.6 Å². The van der Waals surface area contributed by atoms with E-state index < -0.39 is 0 Å². The van der Waals surface area contributed by atoms with Gasteiger partial charge in [0, 0.05) is 13.2 Å². The molecule has 2 atom stereocenters. The molecule has 1 fully saturated rings. The van der Waals surface area contributed by atoms with Gasteiger partial charge in [-0.1, -0.05) is 59.3 Å². The molecule has 0 amide bonds. The number of rotatable bonds is 11. The van der Waals surface area contributed by atoms with Crippen LogP contribution in [-0.4, -0.2) is 25.3 Å². The maximum absolute atomic E-state index is 6.05. The van der Waals surface area contributed by atoms with E-state index in [4.69, 9.17) is 4.74 Å². The summed E-state index contributed by atoms with van der Waals surface area (Å²) >= 11 is 0. The van der Waals surface area contributed by atoms with E-state index in [9.17, 15) is 0 Å². The van der Waals surface area contributed by atoms with Crippen LogP contribution >= 0.6 is 0 Å². The van der Waals surface area contributed by atoms with Crippen LogP contribution in [0.2, 0.25) is 0 Å². The summed E-state index contributed by atoms with van der Waals surface area (Å²) in [6.07, 6.45) is 13.1. The summed E-state index contributed by atoms with van der Waals surface area (Å²) in [5.41, 5.74) is 0.120. The lowest BCUT2D eigenvalue weighted by Crippen LogP contribution is -2.51. The van der Waals surface area contributed by atoms with Crippen LogP contribution in [0, 0.1) is 5.92 Å². The van der Waals surface area contributed by atoms with E-state index in [1.807, 2.05) is 7.11 Å². The molecular formula is C18H37NO. The molecule has 0 aromatic heterocycles. The lowest BCUT2D eigenvalue weighted by Gasteiger charge is -2.39. The fraction of sp³-hybridized carbons (Fsp3) is 1.00. The second-order valence-electron chi connectivity index (χ2n) is 6.63. The highest BCUT2D eigenvalue weighted by atomic mass is 16.5. The molecular weight excluding hydrogens is 246 g/mol. The van der Waals surface area contributed by atoms with Crippen molar-refractivity contribution < 1.29 is 4.74 Å². The van der Waals surface area contributed by atoms with Crippen LogP contribution < -0.4 is 5.32 Å². The average Bonchev–Trinajstić information content (AvgIpc) is 2.96. The van der Waals surface area contributed by atoms with Gasteiger partial charge in [0.25, 0.3) is 0 Å². The highest BCUT2D eigenvalue weighted by Gasteiger charge is 2.41. The minimum atomic E-state index is 0.120. The normalized spacial score (nSPS) is 21.0. The monoisotopic (exact) mass is 283 g/mol. The van der Waals surface area contributed by atoms with Crippen molar-refractivity contribution in [2.24, 2.45) is 5.92 Å². The SMILES string of the molecule is CCCCC(CC)CC(NCCC)C1(OC)CCCC1. The topological polar surface area (TPSA) is 21.3 Å². The highest BCUT2D eigenvalue weighted by Crippen LogP contribution is 2.38. The Morgan fingerprint density at radius 1 is 1.10 bits per heavy atom. The van der Waals surface area contributed by atoms with Crippen molar-refractivity contribution in [2.75, 3.05) is 13.7 Å². The summed E-state index contributed by atoms with van der Waals surface area (Å²) in [6.45, 7) is 8.03. The molecule has 0 bridgehead atoms. The smallest absolute Gasteiger partial charge is 0.0831 e. The van der Waals surface area contributed by atoms with Crippen LogP contribution in [0.1, 0.15) is 85.0 Å². The third kappa shape index (κ3) is 5.04. The number of ether oxygens (including phenoxy) is 1. The molecule has 0 saturated heterocycles. The molecule has 0 radical (unpaired) electrons. The molecule has 1 rings (SSSR count). The van der Waals surface area contributed by atoms with Gasteiger partial charge in [-0.05, 0) is 38.1 Å². The molecule has 0 aliphatic heterocycles. The zero-order chi connectivity index (χ0) is 14.8. The van der Waals surface area contributed by atoms with Gasteiger partial charge < -0.3 is 10.1 Å². The Morgan fingerprint density at radius 2 is 1.80 bits per heavy atom. The third-order valence-corrected chi connectivity index (χ3v) is 5.24. The first-order chi connectivity index (χ1) is 9.72. The molecule has 2 nitrogen and oxygen atoms in total. The summed E-state index contributed by atoms with van der Waals surface area (Å²) in [5, 5.41) is 3.82. The number of unbranched alkanes of at least 4 members (excludes halogenated alkanes) is 1. The highest BCUT2D eigenvalue weighted by molar-refractivity contribution is 4.97. The molecule has 2 heteroatoms. The molecule has 120 valence electrons. The van der Waals surface area contributed by atoms with E-state index in [1.165, 1.54) is 64.2 Å². The molecule has 0 aromatic carbocycles. The first-order valence-electron chi connectivity index (χ1n) is 9.00. The molecule has 1 aliphatic carbocycles. The second kappa shape index (κ2) is 9.78. The maximum atomic E-state index is 6.05. The summed E-state index contributed by atoms with van der Waals surface area (Å²) < 4.78 is 6.05. The summed E-state index contributed by atoms with van der Waals surface area (Å²) in [5.74, 6) is 0.858. The quantitative estimate of drug-likeness (QED) is 0.581. The van der Waals surface area contributed by atoms with Gasteiger partial charge in [-0.25, -0.2) is 0 Å². The standard InChI is InChI=1S/C18H37NO/c1-5-8-11-16(7-3)15-17(19-14-6-2)18(20-4)12-9-10-13-18/h16-17,19H,5-15H2,1-4H3. The molecule has 1 saturated carbocycles. The number of nitrogens with one attached hydrogen (secondary N) is 1. The Bertz CT molecular complexity index is 236. The maximum Gasteiger partial charge on any atom is 0.0831 e. The first-order valence-corrected chi connectivity index (χ1v) is 9.00. The van der Waals surface area contributed by atoms with Crippen molar-refractivity contribution in [3.63, 3.8) is 0 Å². The second-order valence-corrected chi connectivity index (χ2v) is 6.63. The van der Waals surface area contributed by atoms with E-state index in [0.29, 0.717) is 6.04 Å². The fourth-order valence-corrected chi connectivity index (χ4v) is 3.79. The summed E-state index contributed by atoms with van der Waals surface area (Å²) in [6, 6.07) is 0.553. The van der Waals surface area contributed by atoms with Gasteiger partial charge in [-0.3, -0.25) is 0 Å². The zero-order valence-electron chi connectivity index (χ0n) is 14.3. The minimum absolute atomic E-state index is 0.120. The Kier molecular flexibility index (Phi) is 8.79. The summed E-state index contributed by atoms with van der Waals surface area (Å²) in [4.78, 5) is 0. The fourth-order valence-electron chi connectivity index (χ4n) is 3.79. The van der Waals surface area contributed by atoms with Crippen molar-refractivity contribution in [1.82, 2.24) is 5.32 Å². The number of methoxy groups -OCH3 is 1. The molecule has 20 heavy (non-hydrogen) atoms. The molecule has 1 aliphatic rings. The van der Waals surface area contributed by atoms with Crippen LogP contribution in [0.5, 0.6) is 0 Å². The minimum Gasteiger partial charge on any atom is -0.377 e. The Labute approximate surface area is 127 Å². The van der Waals surface area contributed by atoms with E-state index in [1.54, 1.807) is 0 Å². The third-order valence-electron chi connectivity index (χ3n) is 5.24. The van der Waals surface area contributed by atoms with Crippen LogP contribution in [0.3, 0.4) is 0 Å². The molecule has 0 spiro atoms. The van der Waals surface area contributed by atoms with Gasteiger partial charge in [0.15, 0.2) is 0 Å². The lowest BCUT2D eigenvalue weighted by atomic mass is 9.82. The summed E-state index contributed by atoms with van der Waals surface area (Å²) in [7, 11) is 1.93. The van der Waals surface area contributed by atoms with Gasteiger partial charge in [0.05, 0.1) is 5.60 Å². The average molecular weight is 284 g/mol. The van der Waals surface area contributed by atoms with Gasteiger partial charge in [0.1, 0.15) is 0 Å². The Morgan fingerprint density at radius 3 is 2.30 bits per heavy atom. The van der Waals surface area contributed by atoms with Gasteiger partial charge in [-0.2, -0.15) is 0 Å². The number of hydrogen-bond acceptors (Lipinski definition) is 2. The van der Waals surface area contributed by atoms with Crippen molar-refractivity contribution in [3.8, 4) is 0 Å². The van der Waals surface area contributed by atoms with E-state index in [0.717, 1.165) is 12.5 Å². The number of hydrogen-bond donors (Lipinski definition) is 1. The van der Waals surface area contributed by atoms with Crippen LogP contribution in [0.25, 0.3) is 0 Å². The van der Waals surface area contributed by atoms with E-state index in [2.05, 4.69) is 26.1 Å². The predicted molar refractivity (Wildman–Crippen MR) is 88.2 cm³/mol. The van der Waals surface area contributed by atoms with Crippen LogP contribution in [-0.2, 0) is 4.74 Å². The molecule has 0 aromatic rings. The first kappa shape index (κ1) is 18.0. The molecule has 0 heterocycles. The lowest BCUT2D eigenvalue weighted by molar-refractivity contribution is -0.0421. The zero-order valence-corrected chi connectivity index (χ0v) is 14.3. The largest absolute Gasteiger partial charge is 0.377 e. The van der Waals surface area contributed by atoms with Crippen molar-refractivity contribution >= 4 is 0 Å². The molecule has 1 N–H and O–H groups in total. The molecule has 2 unspecified atom stereocenters. The predicted octanol–water partition coefficient (Wildman–Crippen LogP) is 4.92. The van der Waals surface area contributed by atoms with Gasteiger partial charge in [0.2, 0.25) is 0 Å².